The van der Waals surface area contributed by atoms with E-state index in [2.05, 4.69) is 15.9 Å². The highest BCUT2D eigenvalue weighted by Crippen LogP contribution is 2.09. The second kappa shape index (κ2) is 5.09. The highest BCUT2D eigenvalue weighted by Gasteiger charge is 1.86. The number of nitrogens with two attached hydrogens (primary N) is 1. The number of hydrogen-bond acceptors (Lipinski definition) is 1. The van der Waals surface area contributed by atoms with Crippen LogP contribution in [0.5, 0.6) is 0 Å². The smallest absolute Gasteiger partial charge is 0.0178 e. The monoisotopic (exact) mass is 313 g/mol. The van der Waals surface area contributed by atoms with Crippen LogP contribution in [0.2, 0.25) is 0 Å². The van der Waals surface area contributed by atoms with Gasteiger partial charge in [-0.3, -0.25) is 0 Å². The van der Waals surface area contributed by atoms with Crippen molar-refractivity contribution in [1.82, 2.24) is 0 Å². The molecule has 0 saturated carbocycles. The second-order valence-electron chi connectivity index (χ2n) is 1.83. The summed E-state index contributed by atoms with van der Waals surface area (Å²) < 4.78 is 1.10. The van der Waals surface area contributed by atoms with Gasteiger partial charge in [0.05, 0.1) is 0 Å². The van der Waals surface area contributed by atoms with E-state index in [4.69, 9.17) is 5.73 Å². The van der Waals surface area contributed by atoms with Crippen LogP contribution < -0.4 is 5.73 Å². The summed E-state index contributed by atoms with van der Waals surface area (Å²) in [7, 11) is 0. The predicted molar refractivity (Wildman–Crippen MR) is 57.4 cm³/mol. The zero-order chi connectivity index (χ0) is 6.69. The van der Waals surface area contributed by atoms with E-state index in [0.29, 0.717) is 6.54 Å². The van der Waals surface area contributed by atoms with Crippen LogP contribution >= 0.6 is 39.9 Å². The highest BCUT2D eigenvalue weighted by molar-refractivity contribution is 14.0. The fourth-order valence-electron chi connectivity index (χ4n) is 0.620. The Hall–Kier alpha value is 0.390. The molecule has 1 nitrogen and oxygen atoms in total. The zero-order valence-electron chi connectivity index (χ0n) is 5.38. The summed E-state index contributed by atoms with van der Waals surface area (Å²) in [6.45, 7) is 0.618. The summed E-state index contributed by atoms with van der Waals surface area (Å²) >= 11 is 3.33. The molecule has 2 N–H and O–H groups in total. The van der Waals surface area contributed by atoms with Crippen molar-refractivity contribution in [3.05, 3.63) is 34.3 Å². The molecule has 1 aromatic rings. The van der Waals surface area contributed by atoms with Gasteiger partial charge in [0.15, 0.2) is 0 Å². The van der Waals surface area contributed by atoms with Crippen LogP contribution in [0.1, 0.15) is 5.56 Å². The third-order valence-corrected chi connectivity index (χ3v) is 1.68. The molecular weight excluding hydrogens is 305 g/mol. The summed E-state index contributed by atoms with van der Waals surface area (Å²) in [4.78, 5) is 0. The molecule has 0 saturated heterocycles. The van der Waals surface area contributed by atoms with Crippen molar-refractivity contribution in [2.24, 2.45) is 5.73 Å². The van der Waals surface area contributed by atoms with Crippen LogP contribution in [0.3, 0.4) is 0 Å². The molecule has 0 aliphatic heterocycles. The molecule has 0 aromatic heterocycles. The molecule has 0 aliphatic rings. The van der Waals surface area contributed by atoms with Crippen molar-refractivity contribution < 1.29 is 0 Å². The summed E-state index contributed by atoms with van der Waals surface area (Å²) in [5.41, 5.74) is 6.55. The maximum Gasteiger partial charge on any atom is 0.0178 e. The quantitative estimate of drug-likeness (QED) is 0.792. The molecular formula is C7H9BrIN. The fraction of sp³-hybridized carbons (Fsp3) is 0.143. The first-order chi connectivity index (χ1) is 4.33. The lowest BCUT2D eigenvalue weighted by Crippen LogP contribution is -1.94. The number of rotatable bonds is 1. The Kier molecular flexibility index (Phi) is 5.29. The van der Waals surface area contributed by atoms with Crippen LogP contribution in [0.4, 0.5) is 0 Å². The molecule has 0 fully saturated rings. The topological polar surface area (TPSA) is 26.0 Å². The third-order valence-electron chi connectivity index (χ3n) is 1.15. The minimum absolute atomic E-state index is 0. The first-order valence-corrected chi connectivity index (χ1v) is 3.57. The van der Waals surface area contributed by atoms with E-state index in [1.54, 1.807) is 0 Å². The Morgan fingerprint density at radius 1 is 1.20 bits per heavy atom. The molecule has 0 unspecified atom stereocenters. The molecule has 0 amide bonds. The number of hydrogen-bond donors (Lipinski definition) is 1. The van der Waals surface area contributed by atoms with Gasteiger partial charge in [-0.25, -0.2) is 0 Å². The average Bonchev–Trinajstić information content (AvgIpc) is 1.90. The zero-order valence-corrected chi connectivity index (χ0v) is 9.30. The predicted octanol–water partition coefficient (Wildman–Crippen LogP) is 2.53. The van der Waals surface area contributed by atoms with E-state index in [9.17, 15) is 0 Å². The first-order valence-electron chi connectivity index (χ1n) is 2.77. The van der Waals surface area contributed by atoms with E-state index in [1.165, 1.54) is 5.56 Å². The van der Waals surface area contributed by atoms with Gasteiger partial charge in [0.25, 0.3) is 0 Å². The molecule has 0 spiro atoms. The van der Waals surface area contributed by atoms with E-state index in [1.807, 2.05) is 24.3 Å². The van der Waals surface area contributed by atoms with Crippen LogP contribution in [-0.2, 0) is 6.54 Å². The maximum atomic E-state index is 5.38. The third kappa shape index (κ3) is 2.98. The molecule has 0 heterocycles. The Bertz CT molecular complexity index is 185. The maximum absolute atomic E-state index is 5.38. The standard InChI is InChI=1S/C7H8BrN.HI/c8-7-3-1-6(5-9)2-4-7;/h1-4H,5,9H2;1H. The Morgan fingerprint density at radius 3 is 2.10 bits per heavy atom. The average molecular weight is 314 g/mol. The minimum atomic E-state index is 0. The molecule has 0 bridgehead atoms. The minimum Gasteiger partial charge on any atom is -0.326 e. The lowest BCUT2D eigenvalue weighted by atomic mass is 10.2. The van der Waals surface area contributed by atoms with E-state index in [-0.39, 0.29) is 24.0 Å². The van der Waals surface area contributed by atoms with Crippen LogP contribution in [0.25, 0.3) is 0 Å². The molecule has 0 atom stereocenters. The van der Waals surface area contributed by atoms with Gasteiger partial charge in [0.2, 0.25) is 0 Å². The summed E-state index contributed by atoms with van der Waals surface area (Å²) in [5, 5.41) is 0. The van der Waals surface area contributed by atoms with Gasteiger partial charge in [-0.2, -0.15) is 0 Å². The van der Waals surface area contributed by atoms with Gasteiger partial charge in [-0.1, -0.05) is 28.1 Å². The van der Waals surface area contributed by atoms with Crippen molar-refractivity contribution in [3.8, 4) is 0 Å². The molecule has 1 aromatic carbocycles. The van der Waals surface area contributed by atoms with E-state index < -0.39 is 0 Å². The Morgan fingerprint density at radius 2 is 1.70 bits per heavy atom. The lowest BCUT2D eigenvalue weighted by molar-refractivity contribution is 1.07. The van der Waals surface area contributed by atoms with Crippen LogP contribution in [0.15, 0.2) is 28.7 Å². The van der Waals surface area contributed by atoms with Crippen molar-refractivity contribution in [3.63, 3.8) is 0 Å². The van der Waals surface area contributed by atoms with Gasteiger partial charge in [0, 0.05) is 11.0 Å². The number of benzene rings is 1. The van der Waals surface area contributed by atoms with Gasteiger partial charge >= 0.3 is 0 Å². The molecule has 0 radical (unpaired) electrons. The molecule has 10 heavy (non-hydrogen) atoms. The van der Waals surface area contributed by atoms with Crippen LogP contribution in [-0.4, -0.2) is 0 Å². The van der Waals surface area contributed by atoms with Crippen molar-refractivity contribution in [1.29, 1.82) is 0 Å². The van der Waals surface area contributed by atoms with Gasteiger partial charge in [0.1, 0.15) is 0 Å². The van der Waals surface area contributed by atoms with Gasteiger partial charge < -0.3 is 5.73 Å². The van der Waals surface area contributed by atoms with Crippen LogP contribution in [0, 0.1) is 0 Å². The van der Waals surface area contributed by atoms with Crippen molar-refractivity contribution in [2.45, 2.75) is 6.54 Å². The van der Waals surface area contributed by atoms with E-state index >= 15 is 0 Å². The Labute approximate surface area is 86.1 Å². The number of halogens is 2. The fourth-order valence-corrected chi connectivity index (χ4v) is 0.885. The molecule has 1 rings (SSSR count). The van der Waals surface area contributed by atoms with Crippen molar-refractivity contribution >= 4 is 39.9 Å². The Balaban J connectivity index is 0.000000810. The highest BCUT2D eigenvalue weighted by atomic mass is 127. The summed E-state index contributed by atoms with van der Waals surface area (Å²) in [5.74, 6) is 0. The largest absolute Gasteiger partial charge is 0.326 e. The normalized spacial score (nSPS) is 8.60. The van der Waals surface area contributed by atoms with Gasteiger partial charge in [-0.05, 0) is 17.7 Å². The lowest BCUT2D eigenvalue weighted by Gasteiger charge is -1.93. The molecule has 56 valence electrons. The SMILES string of the molecule is I.NCc1ccc(Br)cc1. The van der Waals surface area contributed by atoms with Crippen molar-refractivity contribution in [2.75, 3.05) is 0 Å². The second-order valence-corrected chi connectivity index (χ2v) is 2.75. The molecule has 0 aliphatic carbocycles. The first kappa shape index (κ1) is 10.4. The summed E-state index contributed by atoms with van der Waals surface area (Å²) in [6, 6.07) is 7.98. The molecule has 3 heteroatoms. The van der Waals surface area contributed by atoms with E-state index in [0.717, 1.165) is 4.47 Å². The van der Waals surface area contributed by atoms with Gasteiger partial charge in [-0.15, -0.1) is 24.0 Å². The summed E-state index contributed by atoms with van der Waals surface area (Å²) in [6.07, 6.45) is 0.